The summed E-state index contributed by atoms with van der Waals surface area (Å²) in [5, 5.41) is 3.81. The summed E-state index contributed by atoms with van der Waals surface area (Å²) in [6.07, 6.45) is 5.79. The van der Waals surface area contributed by atoms with Crippen LogP contribution in [0, 0.1) is 11.3 Å². The van der Waals surface area contributed by atoms with Crippen LogP contribution in [0.3, 0.4) is 0 Å². The predicted octanol–water partition coefficient (Wildman–Crippen LogP) is 6.76. The first-order chi connectivity index (χ1) is 23.8. The van der Waals surface area contributed by atoms with E-state index in [9.17, 15) is 9.59 Å². The number of hydrogen-bond donors (Lipinski definition) is 2. The van der Waals surface area contributed by atoms with Crippen LogP contribution in [0.5, 0.6) is 5.75 Å². The number of likely N-dealkylation sites (tertiary alicyclic amines) is 1. The van der Waals surface area contributed by atoms with E-state index >= 15 is 8.78 Å². The first kappa shape index (κ1) is 33.1. The van der Waals surface area contributed by atoms with Crippen LogP contribution in [0.15, 0.2) is 30.3 Å². The summed E-state index contributed by atoms with van der Waals surface area (Å²) in [5.41, 5.74) is 9.14. The minimum atomic E-state index is -3.03. The molecule has 12 heteroatoms. The zero-order valence-electron chi connectivity index (χ0n) is 29.3. The van der Waals surface area contributed by atoms with Gasteiger partial charge in [-0.25, -0.2) is 18.7 Å². The van der Waals surface area contributed by atoms with Crippen LogP contribution in [0.4, 0.5) is 8.78 Å². The van der Waals surface area contributed by atoms with E-state index in [1.807, 2.05) is 49.9 Å². The van der Waals surface area contributed by atoms with E-state index in [-0.39, 0.29) is 36.4 Å². The average Bonchev–Trinajstić information content (AvgIpc) is 3.56. The highest BCUT2D eigenvalue weighted by Gasteiger charge is 2.42. The van der Waals surface area contributed by atoms with Crippen molar-refractivity contribution in [2.45, 2.75) is 115 Å². The number of methoxy groups -OCH3 is 1. The highest BCUT2D eigenvalue weighted by molar-refractivity contribution is 6.00. The second kappa shape index (κ2) is 12.0. The van der Waals surface area contributed by atoms with E-state index in [1.165, 1.54) is 0 Å². The van der Waals surface area contributed by atoms with Gasteiger partial charge in [0.25, 0.3) is 11.8 Å². The molecule has 3 aromatic heterocycles. The van der Waals surface area contributed by atoms with Crippen molar-refractivity contribution >= 4 is 33.9 Å². The maximum absolute atomic E-state index is 16.0. The van der Waals surface area contributed by atoms with Crippen LogP contribution in [-0.4, -0.2) is 67.5 Å². The fourth-order valence-electron chi connectivity index (χ4n) is 8.51. The molecule has 4 atom stereocenters. The van der Waals surface area contributed by atoms with E-state index in [0.717, 1.165) is 37.6 Å². The Morgan fingerprint density at radius 1 is 1.04 bits per heavy atom. The van der Waals surface area contributed by atoms with E-state index in [0.29, 0.717) is 76.8 Å². The van der Waals surface area contributed by atoms with Gasteiger partial charge in [0.05, 0.1) is 36.6 Å². The van der Waals surface area contributed by atoms with Crippen molar-refractivity contribution in [2.24, 2.45) is 17.1 Å². The van der Waals surface area contributed by atoms with Gasteiger partial charge in [-0.15, -0.1) is 0 Å². The summed E-state index contributed by atoms with van der Waals surface area (Å²) < 4.78 is 41.6. The number of imidazole rings is 1. The number of piperidine rings is 1. The van der Waals surface area contributed by atoms with Gasteiger partial charge in [0.1, 0.15) is 16.9 Å². The van der Waals surface area contributed by atoms with Gasteiger partial charge in [-0.05, 0) is 88.1 Å². The molecule has 3 N–H and O–H groups in total. The van der Waals surface area contributed by atoms with Crippen LogP contribution < -0.4 is 15.8 Å². The SMILES string of the molecule is COc1cc(C(=O)N2C[C@H](N)[C@@H]3CC[C@H]2C3)cc2nc(-c3cc4ccc5nc4n3CC(F)(F)CCCCC(C)(C)C(=O)N[C@@H]5C)n(C3CC3)c12. The number of halogens is 2. The molecule has 3 fully saturated rings. The lowest BCUT2D eigenvalue weighted by molar-refractivity contribution is -0.130. The van der Waals surface area contributed by atoms with Crippen LogP contribution in [0.2, 0.25) is 0 Å². The molecule has 10 nitrogen and oxygen atoms in total. The van der Waals surface area contributed by atoms with Crippen LogP contribution >= 0.6 is 0 Å². The average molecular weight is 688 g/mol. The summed E-state index contributed by atoms with van der Waals surface area (Å²) in [7, 11) is 1.59. The van der Waals surface area contributed by atoms with E-state index < -0.39 is 23.9 Å². The number of hydrogen-bond acceptors (Lipinski definition) is 6. The number of alkyl halides is 2. The third-order valence-electron chi connectivity index (χ3n) is 11.7. The number of nitrogens with zero attached hydrogens (tertiary/aromatic N) is 5. The molecule has 2 saturated carbocycles. The molecule has 0 unspecified atom stereocenters. The molecular weight excluding hydrogens is 640 g/mol. The topological polar surface area (TPSA) is 120 Å². The van der Waals surface area contributed by atoms with Crippen LogP contribution in [0.25, 0.3) is 33.6 Å². The number of nitrogens with two attached hydrogens (primary N) is 1. The summed E-state index contributed by atoms with van der Waals surface area (Å²) >= 11 is 0. The Bertz CT molecular complexity index is 2000. The first-order valence-corrected chi connectivity index (χ1v) is 18.2. The number of pyridine rings is 1. The minimum Gasteiger partial charge on any atom is -0.494 e. The van der Waals surface area contributed by atoms with Gasteiger partial charge >= 0.3 is 0 Å². The lowest BCUT2D eigenvalue weighted by atomic mass is 9.85. The molecule has 2 aliphatic carbocycles. The number of carbonyl (C=O) groups is 2. The molecular formula is C38H47F2N7O3. The quantitative estimate of drug-likeness (QED) is 0.245. The van der Waals surface area contributed by atoms with Gasteiger partial charge in [-0.1, -0.05) is 20.3 Å². The van der Waals surface area contributed by atoms with E-state index in [2.05, 4.69) is 9.88 Å². The molecule has 1 aromatic carbocycles. The van der Waals surface area contributed by atoms with Crippen molar-refractivity contribution in [1.82, 2.24) is 29.3 Å². The maximum Gasteiger partial charge on any atom is 0.265 e. The van der Waals surface area contributed by atoms with Crippen molar-refractivity contribution in [3.63, 3.8) is 0 Å². The number of benzene rings is 1. The van der Waals surface area contributed by atoms with Gasteiger partial charge < -0.3 is 29.8 Å². The van der Waals surface area contributed by atoms with E-state index in [4.69, 9.17) is 20.4 Å². The molecule has 4 aromatic rings. The Morgan fingerprint density at radius 3 is 2.56 bits per heavy atom. The van der Waals surface area contributed by atoms with Gasteiger partial charge in [-0.3, -0.25) is 9.59 Å². The Labute approximate surface area is 290 Å². The second-order valence-corrected chi connectivity index (χ2v) is 15.8. The van der Waals surface area contributed by atoms with Gasteiger partial charge in [0, 0.05) is 47.5 Å². The highest BCUT2D eigenvalue weighted by Crippen LogP contribution is 2.46. The first-order valence-electron chi connectivity index (χ1n) is 18.2. The molecule has 266 valence electrons. The van der Waals surface area contributed by atoms with Crippen molar-refractivity contribution < 1.29 is 23.1 Å². The monoisotopic (exact) mass is 687 g/mol. The van der Waals surface area contributed by atoms with Crippen molar-refractivity contribution in [3.05, 3.63) is 41.6 Å². The van der Waals surface area contributed by atoms with Crippen LogP contribution in [0.1, 0.15) is 107 Å². The van der Waals surface area contributed by atoms with Crippen molar-refractivity contribution in [2.75, 3.05) is 13.7 Å². The molecule has 2 aliphatic heterocycles. The predicted molar refractivity (Wildman–Crippen MR) is 187 cm³/mol. The molecule has 50 heavy (non-hydrogen) atoms. The molecule has 0 radical (unpaired) electrons. The highest BCUT2D eigenvalue weighted by atomic mass is 19.3. The smallest absolute Gasteiger partial charge is 0.265 e. The van der Waals surface area contributed by atoms with Gasteiger partial charge in [-0.2, -0.15) is 0 Å². The Hall–Kier alpha value is -4.06. The largest absolute Gasteiger partial charge is 0.494 e. The fourth-order valence-corrected chi connectivity index (χ4v) is 8.51. The zero-order valence-corrected chi connectivity index (χ0v) is 29.3. The molecule has 4 bridgehead atoms. The number of carbonyl (C=O) groups excluding carboxylic acids is 2. The normalized spacial score (nSPS) is 26.7. The molecule has 8 rings (SSSR count). The molecule has 1 saturated heterocycles. The molecule has 0 spiro atoms. The maximum atomic E-state index is 16.0. The fraction of sp³-hybridized carbons (Fsp3) is 0.579. The third-order valence-corrected chi connectivity index (χ3v) is 11.7. The molecule has 2 amide bonds. The molecule has 4 aliphatic rings. The Kier molecular flexibility index (Phi) is 7.96. The number of fused-ring (bicyclic) bond motifs is 4. The van der Waals surface area contributed by atoms with E-state index in [1.54, 1.807) is 17.7 Å². The number of nitrogens with one attached hydrogen (secondary N) is 1. The summed E-state index contributed by atoms with van der Waals surface area (Å²) in [4.78, 5) is 39.2. The standard InChI is InChI=1S/C38H47F2N7O3/c1-21-28-12-8-23-17-30(46(33(23)43-28)20-38(39,40)14-6-5-13-37(2,3)36(49)42-21)34-44-29-16-24(18-31(50-4)32(29)47(34)25-10-11-25)35(48)45-19-27(41)22-7-9-26(45)15-22/h8,12,16-18,21-22,25-27H,5-7,9-11,13-15,19-20,41H2,1-4H3,(H,42,49)/t21-,22-,26+,27+/m1/s1. The van der Waals surface area contributed by atoms with Gasteiger partial charge in [0.2, 0.25) is 5.91 Å². The lowest BCUT2D eigenvalue weighted by Crippen LogP contribution is -2.51. The van der Waals surface area contributed by atoms with Gasteiger partial charge in [0.15, 0.2) is 5.82 Å². The van der Waals surface area contributed by atoms with Crippen molar-refractivity contribution in [3.8, 4) is 17.3 Å². The summed E-state index contributed by atoms with van der Waals surface area (Å²) in [6, 6.07) is 9.08. The Balaban J connectivity index is 1.27. The zero-order chi connectivity index (χ0) is 35.1. The lowest BCUT2D eigenvalue weighted by Gasteiger charge is -2.37. The summed E-state index contributed by atoms with van der Waals surface area (Å²) in [5.74, 6) is -1.69. The number of amides is 2. The minimum absolute atomic E-state index is 0.0351. The number of aromatic nitrogens is 4. The second-order valence-electron chi connectivity index (χ2n) is 15.8. The number of rotatable bonds is 4. The van der Waals surface area contributed by atoms with Crippen molar-refractivity contribution in [1.29, 1.82) is 0 Å². The molecule has 5 heterocycles. The Morgan fingerprint density at radius 2 is 1.80 bits per heavy atom. The summed E-state index contributed by atoms with van der Waals surface area (Å²) in [6.45, 7) is 5.56. The third kappa shape index (κ3) is 5.73. The van der Waals surface area contributed by atoms with Crippen LogP contribution in [-0.2, 0) is 11.3 Å². The number of ether oxygens (including phenoxy) is 1.